The summed E-state index contributed by atoms with van der Waals surface area (Å²) in [6.45, 7) is 4.15. The molecule has 0 aromatic rings. The number of hydrogen-bond donors (Lipinski definition) is 0. The van der Waals surface area contributed by atoms with Crippen molar-refractivity contribution < 1.29 is 9.53 Å². The monoisotopic (exact) mass is 156 g/mol. The third-order valence-corrected chi connectivity index (χ3v) is 2.22. The van der Waals surface area contributed by atoms with Crippen molar-refractivity contribution in [2.24, 2.45) is 5.92 Å². The molecule has 2 heteroatoms. The summed E-state index contributed by atoms with van der Waals surface area (Å²) in [7, 11) is 0. The van der Waals surface area contributed by atoms with E-state index in [1.54, 1.807) is 0 Å². The second kappa shape index (κ2) is 3.86. The molecule has 2 unspecified atom stereocenters. The summed E-state index contributed by atoms with van der Waals surface area (Å²) in [5, 5.41) is 0. The molecule has 0 bridgehead atoms. The van der Waals surface area contributed by atoms with Crippen LogP contribution in [0.4, 0.5) is 0 Å². The molecule has 1 aliphatic rings. The number of rotatable bonds is 2. The Kier molecular flexibility index (Phi) is 3.06. The van der Waals surface area contributed by atoms with Crippen LogP contribution in [0.3, 0.4) is 0 Å². The minimum Gasteiger partial charge on any atom is -0.376 e. The van der Waals surface area contributed by atoms with Gasteiger partial charge in [0.15, 0.2) is 0 Å². The highest BCUT2D eigenvalue weighted by Crippen LogP contribution is 2.26. The van der Waals surface area contributed by atoms with E-state index in [-0.39, 0.29) is 0 Å². The van der Waals surface area contributed by atoms with Crippen LogP contribution in [0.2, 0.25) is 0 Å². The van der Waals surface area contributed by atoms with Crippen LogP contribution < -0.4 is 0 Å². The molecule has 0 aliphatic carbocycles. The average Bonchev–Trinajstić information content (AvgIpc) is 1.85. The minimum absolute atomic E-state index is 0.337. The van der Waals surface area contributed by atoms with Crippen molar-refractivity contribution in [3.63, 3.8) is 0 Å². The first-order chi connectivity index (χ1) is 5.22. The van der Waals surface area contributed by atoms with Crippen LogP contribution in [0.25, 0.3) is 0 Å². The van der Waals surface area contributed by atoms with Gasteiger partial charge in [0.2, 0.25) is 0 Å². The highest BCUT2D eigenvalue weighted by atomic mass is 16.5. The van der Waals surface area contributed by atoms with Crippen LogP contribution in [-0.4, -0.2) is 18.5 Å². The van der Waals surface area contributed by atoms with E-state index < -0.39 is 0 Å². The van der Waals surface area contributed by atoms with Crippen molar-refractivity contribution in [1.29, 1.82) is 0 Å². The number of carbonyl (C=O) groups is 1. The first-order valence-corrected chi connectivity index (χ1v) is 4.31. The fraction of sp³-hybridized carbons (Fsp3) is 0.889. The molecule has 1 fully saturated rings. The molecule has 2 nitrogen and oxygen atoms in total. The third-order valence-electron chi connectivity index (χ3n) is 2.22. The zero-order chi connectivity index (χ0) is 8.27. The van der Waals surface area contributed by atoms with Crippen molar-refractivity contribution >= 4 is 6.29 Å². The largest absolute Gasteiger partial charge is 0.376 e. The molecular formula is C9H16O2. The fourth-order valence-corrected chi connectivity index (χ4v) is 1.87. The maximum atomic E-state index is 10.2. The summed E-state index contributed by atoms with van der Waals surface area (Å²) in [5.74, 6) is 0.561. The van der Waals surface area contributed by atoms with Gasteiger partial charge in [-0.2, -0.15) is 0 Å². The van der Waals surface area contributed by atoms with Gasteiger partial charge in [-0.05, 0) is 32.6 Å². The van der Waals surface area contributed by atoms with Crippen LogP contribution >= 0.6 is 0 Å². The van der Waals surface area contributed by atoms with Gasteiger partial charge in [0.25, 0.3) is 0 Å². The van der Waals surface area contributed by atoms with Crippen LogP contribution in [0, 0.1) is 5.92 Å². The van der Waals surface area contributed by atoms with Crippen LogP contribution in [0.15, 0.2) is 0 Å². The second-order valence-corrected chi connectivity index (χ2v) is 3.50. The van der Waals surface area contributed by atoms with Crippen molar-refractivity contribution in [1.82, 2.24) is 0 Å². The molecule has 64 valence electrons. The van der Waals surface area contributed by atoms with E-state index in [2.05, 4.69) is 13.8 Å². The van der Waals surface area contributed by atoms with E-state index in [0.717, 1.165) is 19.1 Å². The predicted molar refractivity (Wildman–Crippen MR) is 43.4 cm³/mol. The molecule has 0 amide bonds. The summed E-state index contributed by atoms with van der Waals surface area (Å²) in [5.41, 5.74) is 0. The van der Waals surface area contributed by atoms with E-state index in [0.29, 0.717) is 24.5 Å². The maximum Gasteiger partial charge on any atom is 0.120 e. The van der Waals surface area contributed by atoms with Gasteiger partial charge in [0.05, 0.1) is 12.2 Å². The Hall–Kier alpha value is -0.370. The van der Waals surface area contributed by atoms with E-state index in [9.17, 15) is 4.79 Å². The SMILES string of the molecule is CC1CC(CC=O)CC(C)O1. The van der Waals surface area contributed by atoms with Gasteiger partial charge in [0, 0.05) is 6.42 Å². The molecule has 1 aliphatic heterocycles. The fourth-order valence-electron chi connectivity index (χ4n) is 1.87. The van der Waals surface area contributed by atoms with Gasteiger partial charge in [-0.25, -0.2) is 0 Å². The number of aldehydes is 1. The van der Waals surface area contributed by atoms with Crippen molar-refractivity contribution in [3.8, 4) is 0 Å². The van der Waals surface area contributed by atoms with E-state index >= 15 is 0 Å². The lowest BCUT2D eigenvalue weighted by Gasteiger charge is -2.30. The van der Waals surface area contributed by atoms with Gasteiger partial charge < -0.3 is 9.53 Å². The molecule has 0 aromatic carbocycles. The van der Waals surface area contributed by atoms with Crippen molar-refractivity contribution in [2.45, 2.75) is 45.3 Å². The van der Waals surface area contributed by atoms with Gasteiger partial charge in [0.1, 0.15) is 6.29 Å². The summed E-state index contributed by atoms with van der Waals surface area (Å²) >= 11 is 0. The molecule has 0 aromatic heterocycles. The molecule has 11 heavy (non-hydrogen) atoms. The molecule has 1 rings (SSSR count). The Morgan fingerprint density at radius 1 is 1.36 bits per heavy atom. The summed E-state index contributed by atoms with van der Waals surface area (Å²) in [4.78, 5) is 10.2. The molecule has 0 spiro atoms. The van der Waals surface area contributed by atoms with Gasteiger partial charge in [-0.3, -0.25) is 0 Å². The first-order valence-electron chi connectivity index (χ1n) is 4.31. The van der Waals surface area contributed by atoms with Crippen LogP contribution in [0.1, 0.15) is 33.1 Å². The van der Waals surface area contributed by atoms with Crippen molar-refractivity contribution in [3.05, 3.63) is 0 Å². The summed E-state index contributed by atoms with van der Waals surface area (Å²) in [6.07, 6.45) is 4.49. The lowest BCUT2D eigenvalue weighted by molar-refractivity contribution is -0.110. The van der Waals surface area contributed by atoms with Gasteiger partial charge >= 0.3 is 0 Å². The minimum atomic E-state index is 0.337. The zero-order valence-corrected chi connectivity index (χ0v) is 7.25. The summed E-state index contributed by atoms with van der Waals surface area (Å²) in [6, 6.07) is 0. The van der Waals surface area contributed by atoms with Crippen molar-refractivity contribution in [2.75, 3.05) is 0 Å². The smallest absolute Gasteiger partial charge is 0.120 e. The standard InChI is InChI=1S/C9H16O2/c1-7-5-9(3-4-10)6-8(2)11-7/h4,7-9H,3,5-6H2,1-2H3. The Morgan fingerprint density at radius 3 is 2.36 bits per heavy atom. The number of carbonyl (C=O) groups excluding carboxylic acids is 1. The zero-order valence-electron chi connectivity index (χ0n) is 7.25. The molecule has 0 radical (unpaired) electrons. The third kappa shape index (κ3) is 2.62. The molecule has 0 N–H and O–H groups in total. The normalized spacial score (nSPS) is 38.5. The average molecular weight is 156 g/mol. The van der Waals surface area contributed by atoms with Crippen LogP contribution in [0.5, 0.6) is 0 Å². The number of ether oxygens (including phenoxy) is 1. The maximum absolute atomic E-state index is 10.2. The molecular weight excluding hydrogens is 140 g/mol. The topological polar surface area (TPSA) is 26.3 Å². The lowest BCUT2D eigenvalue weighted by atomic mass is 9.90. The Labute approximate surface area is 67.9 Å². The molecule has 1 saturated heterocycles. The summed E-state index contributed by atoms with van der Waals surface area (Å²) < 4.78 is 5.55. The van der Waals surface area contributed by atoms with E-state index in [1.807, 2.05) is 0 Å². The second-order valence-electron chi connectivity index (χ2n) is 3.50. The van der Waals surface area contributed by atoms with E-state index in [1.165, 1.54) is 0 Å². The Bertz CT molecular complexity index is 124. The van der Waals surface area contributed by atoms with Crippen LogP contribution in [-0.2, 0) is 9.53 Å². The van der Waals surface area contributed by atoms with Gasteiger partial charge in [-0.1, -0.05) is 0 Å². The molecule has 0 saturated carbocycles. The Balaban J connectivity index is 2.36. The quantitative estimate of drug-likeness (QED) is 0.570. The van der Waals surface area contributed by atoms with E-state index in [4.69, 9.17) is 4.74 Å². The van der Waals surface area contributed by atoms with Gasteiger partial charge in [-0.15, -0.1) is 0 Å². The molecule has 2 atom stereocenters. The highest BCUT2D eigenvalue weighted by molar-refractivity contribution is 5.49. The first kappa shape index (κ1) is 8.72. The predicted octanol–water partition coefficient (Wildman–Crippen LogP) is 1.78. The Morgan fingerprint density at radius 2 is 1.91 bits per heavy atom. The molecule has 1 heterocycles. The highest BCUT2D eigenvalue weighted by Gasteiger charge is 2.23. The lowest BCUT2D eigenvalue weighted by Crippen LogP contribution is -2.29. The number of hydrogen-bond acceptors (Lipinski definition) is 2.